The minimum absolute atomic E-state index is 0.0895. The van der Waals surface area contributed by atoms with Gasteiger partial charge in [-0.05, 0) is 12.1 Å². The van der Waals surface area contributed by atoms with Crippen molar-refractivity contribution in [2.24, 2.45) is 0 Å². The predicted molar refractivity (Wildman–Crippen MR) is 65.0 cm³/mol. The second-order valence-corrected chi connectivity index (χ2v) is 3.79. The third-order valence-corrected chi connectivity index (χ3v) is 2.33. The Bertz CT molecular complexity index is 536. The molecule has 0 radical (unpaired) electrons. The number of halogens is 2. The van der Waals surface area contributed by atoms with E-state index in [4.69, 9.17) is 4.74 Å². The molecular weight excluding hydrogens is 254 g/mol. The van der Waals surface area contributed by atoms with Crippen molar-refractivity contribution in [2.75, 3.05) is 13.2 Å². The first kappa shape index (κ1) is 13.1. The summed E-state index contributed by atoms with van der Waals surface area (Å²) in [7, 11) is 0. The minimum atomic E-state index is -0.703. The number of aromatic amines is 1. The molecule has 1 aromatic heterocycles. The molecule has 0 aliphatic heterocycles. The van der Waals surface area contributed by atoms with E-state index in [2.05, 4.69) is 10.3 Å². The van der Waals surface area contributed by atoms with Crippen LogP contribution in [-0.4, -0.2) is 24.0 Å². The van der Waals surface area contributed by atoms with Crippen LogP contribution in [-0.2, 0) is 0 Å². The summed E-state index contributed by atoms with van der Waals surface area (Å²) in [6.07, 6.45) is 1.64. The first-order valence-corrected chi connectivity index (χ1v) is 5.65. The van der Waals surface area contributed by atoms with E-state index in [9.17, 15) is 13.6 Å². The number of hydrogen-bond acceptors (Lipinski definition) is 2. The number of carbonyl (C=O) groups excluding carboxylic acids is 1. The number of rotatable bonds is 5. The standard InChI is InChI=1S/C13H12F2N2O2/c14-9-6-10(15)8-11(7-9)19-5-4-17-13(18)12-2-1-3-16-12/h1-3,6-8,16H,4-5H2,(H,17,18). The molecule has 0 unspecified atom stereocenters. The molecule has 0 atom stereocenters. The van der Waals surface area contributed by atoms with Crippen LogP contribution >= 0.6 is 0 Å². The second kappa shape index (κ2) is 5.99. The molecule has 4 nitrogen and oxygen atoms in total. The van der Waals surface area contributed by atoms with Crippen LogP contribution in [0.2, 0.25) is 0 Å². The molecule has 19 heavy (non-hydrogen) atoms. The van der Waals surface area contributed by atoms with Gasteiger partial charge in [-0.15, -0.1) is 0 Å². The van der Waals surface area contributed by atoms with Crippen LogP contribution in [0.25, 0.3) is 0 Å². The van der Waals surface area contributed by atoms with Gasteiger partial charge in [0.15, 0.2) is 0 Å². The van der Waals surface area contributed by atoms with Crippen LogP contribution in [0.1, 0.15) is 10.5 Å². The summed E-state index contributed by atoms with van der Waals surface area (Å²) in [6, 6.07) is 6.27. The zero-order valence-corrected chi connectivity index (χ0v) is 9.95. The summed E-state index contributed by atoms with van der Waals surface area (Å²) >= 11 is 0. The van der Waals surface area contributed by atoms with Crippen molar-refractivity contribution >= 4 is 5.91 Å². The Hall–Kier alpha value is -2.37. The molecule has 0 saturated carbocycles. The molecule has 2 aromatic rings. The number of aromatic nitrogens is 1. The van der Waals surface area contributed by atoms with Crippen molar-refractivity contribution < 1.29 is 18.3 Å². The number of benzene rings is 1. The van der Waals surface area contributed by atoms with Gasteiger partial charge in [-0.1, -0.05) is 0 Å². The van der Waals surface area contributed by atoms with Gasteiger partial charge in [0.25, 0.3) is 5.91 Å². The first-order chi connectivity index (χ1) is 9.15. The smallest absolute Gasteiger partial charge is 0.267 e. The number of ether oxygens (including phenoxy) is 1. The average molecular weight is 266 g/mol. The summed E-state index contributed by atoms with van der Waals surface area (Å²) < 4.78 is 30.8. The minimum Gasteiger partial charge on any atom is -0.492 e. The third-order valence-electron chi connectivity index (χ3n) is 2.33. The van der Waals surface area contributed by atoms with Gasteiger partial charge in [-0.3, -0.25) is 4.79 Å². The average Bonchev–Trinajstić information content (AvgIpc) is 2.87. The summed E-state index contributed by atoms with van der Waals surface area (Å²) in [4.78, 5) is 14.3. The lowest BCUT2D eigenvalue weighted by molar-refractivity contribution is 0.0942. The van der Waals surface area contributed by atoms with Crippen LogP contribution in [0.4, 0.5) is 8.78 Å². The van der Waals surface area contributed by atoms with Crippen molar-refractivity contribution in [1.82, 2.24) is 10.3 Å². The number of carbonyl (C=O) groups is 1. The van der Waals surface area contributed by atoms with Gasteiger partial charge >= 0.3 is 0 Å². The lowest BCUT2D eigenvalue weighted by Gasteiger charge is -2.07. The van der Waals surface area contributed by atoms with Gasteiger partial charge in [0, 0.05) is 24.4 Å². The molecule has 0 bridgehead atoms. The Morgan fingerprint density at radius 3 is 2.63 bits per heavy atom. The number of nitrogens with one attached hydrogen (secondary N) is 2. The molecule has 0 aliphatic carbocycles. The predicted octanol–water partition coefficient (Wildman–Crippen LogP) is 2.10. The van der Waals surface area contributed by atoms with E-state index >= 15 is 0 Å². The van der Waals surface area contributed by atoms with E-state index in [1.165, 1.54) is 0 Å². The fourth-order valence-corrected chi connectivity index (χ4v) is 1.51. The highest BCUT2D eigenvalue weighted by atomic mass is 19.1. The fourth-order valence-electron chi connectivity index (χ4n) is 1.51. The molecule has 6 heteroatoms. The Morgan fingerprint density at radius 1 is 1.26 bits per heavy atom. The normalized spacial score (nSPS) is 10.2. The Labute approximate surface area is 108 Å². The van der Waals surface area contributed by atoms with Gasteiger partial charge in [0.2, 0.25) is 0 Å². The van der Waals surface area contributed by atoms with E-state index in [1.807, 2.05) is 0 Å². The highest BCUT2D eigenvalue weighted by Gasteiger charge is 2.05. The highest BCUT2D eigenvalue weighted by Crippen LogP contribution is 2.14. The Kier molecular flexibility index (Phi) is 4.12. The Balaban J connectivity index is 1.76. The second-order valence-electron chi connectivity index (χ2n) is 3.79. The van der Waals surface area contributed by atoms with Gasteiger partial charge in [-0.25, -0.2) is 8.78 Å². The van der Waals surface area contributed by atoms with Gasteiger partial charge in [0.1, 0.15) is 29.7 Å². The van der Waals surface area contributed by atoms with Crippen LogP contribution in [0, 0.1) is 11.6 Å². The quantitative estimate of drug-likeness (QED) is 0.814. The SMILES string of the molecule is O=C(NCCOc1cc(F)cc(F)c1)c1ccc[nH]1. The molecule has 1 heterocycles. The lowest BCUT2D eigenvalue weighted by atomic mass is 10.3. The summed E-state index contributed by atoms with van der Waals surface area (Å²) in [6.45, 7) is 0.353. The lowest BCUT2D eigenvalue weighted by Crippen LogP contribution is -2.28. The van der Waals surface area contributed by atoms with Gasteiger partial charge in [0.05, 0.1) is 6.54 Å². The summed E-state index contributed by atoms with van der Waals surface area (Å²) in [5.74, 6) is -1.58. The van der Waals surface area contributed by atoms with Crippen LogP contribution in [0.5, 0.6) is 5.75 Å². The molecule has 2 N–H and O–H groups in total. The molecule has 100 valence electrons. The van der Waals surface area contributed by atoms with Crippen LogP contribution in [0.15, 0.2) is 36.5 Å². The van der Waals surface area contributed by atoms with Crippen molar-refractivity contribution in [2.45, 2.75) is 0 Å². The van der Waals surface area contributed by atoms with Crippen LogP contribution in [0.3, 0.4) is 0 Å². The maximum atomic E-state index is 12.9. The molecule has 0 saturated heterocycles. The molecule has 1 aromatic carbocycles. The Morgan fingerprint density at radius 2 is 2.00 bits per heavy atom. The van der Waals surface area contributed by atoms with E-state index in [1.54, 1.807) is 18.3 Å². The molecule has 2 rings (SSSR count). The molecule has 0 spiro atoms. The number of H-pyrrole nitrogens is 1. The molecule has 1 amide bonds. The van der Waals surface area contributed by atoms with E-state index in [-0.39, 0.29) is 24.8 Å². The number of hydrogen-bond donors (Lipinski definition) is 2. The van der Waals surface area contributed by atoms with Crippen molar-refractivity contribution in [3.63, 3.8) is 0 Å². The van der Waals surface area contributed by atoms with Crippen molar-refractivity contribution in [1.29, 1.82) is 0 Å². The fraction of sp³-hybridized carbons (Fsp3) is 0.154. The molecule has 0 fully saturated rings. The molecule has 0 aliphatic rings. The molecular formula is C13H12F2N2O2. The first-order valence-electron chi connectivity index (χ1n) is 5.65. The van der Waals surface area contributed by atoms with Crippen molar-refractivity contribution in [3.8, 4) is 5.75 Å². The highest BCUT2D eigenvalue weighted by molar-refractivity contribution is 5.92. The van der Waals surface area contributed by atoms with E-state index < -0.39 is 11.6 Å². The summed E-state index contributed by atoms with van der Waals surface area (Å²) in [5, 5.41) is 2.60. The largest absolute Gasteiger partial charge is 0.492 e. The maximum absolute atomic E-state index is 12.9. The van der Waals surface area contributed by atoms with E-state index in [0.717, 1.165) is 18.2 Å². The van der Waals surface area contributed by atoms with Gasteiger partial charge < -0.3 is 15.0 Å². The zero-order valence-electron chi connectivity index (χ0n) is 9.95. The van der Waals surface area contributed by atoms with E-state index in [0.29, 0.717) is 5.69 Å². The summed E-state index contributed by atoms with van der Waals surface area (Å²) in [5.41, 5.74) is 0.441. The zero-order chi connectivity index (χ0) is 13.7. The monoisotopic (exact) mass is 266 g/mol. The maximum Gasteiger partial charge on any atom is 0.267 e. The third kappa shape index (κ3) is 3.80. The van der Waals surface area contributed by atoms with Crippen LogP contribution < -0.4 is 10.1 Å². The van der Waals surface area contributed by atoms with Crippen molar-refractivity contribution in [3.05, 3.63) is 53.9 Å². The van der Waals surface area contributed by atoms with Gasteiger partial charge in [-0.2, -0.15) is 0 Å². The topological polar surface area (TPSA) is 54.1 Å². The number of amides is 1.